The zero-order chi connectivity index (χ0) is 24.3. The largest absolute Gasteiger partial charge is 0.497 e. The molecule has 2 heterocycles. The van der Waals surface area contributed by atoms with Crippen molar-refractivity contribution in [3.05, 3.63) is 70.6 Å². The number of carbonyl (C=O) groups is 1. The molecule has 0 bridgehead atoms. The highest BCUT2D eigenvalue weighted by atomic mass is 19.4. The molecule has 180 valence electrons. The predicted molar refractivity (Wildman–Crippen MR) is 124 cm³/mol. The molecule has 0 spiro atoms. The van der Waals surface area contributed by atoms with Crippen LogP contribution in [0.5, 0.6) is 5.75 Å². The molecule has 3 aromatic rings. The number of aromatic nitrogens is 1. The Labute approximate surface area is 194 Å². The molecule has 1 fully saturated rings. The predicted octanol–water partition coefficient (Wildman–Crippen LogP) is 4.41. The summed E-state index contributed by atoms with van der Waals surface area (Å²) < 4.78 is 45.0. The van der Waals surface area contributed by atoms with E-state index in [1.165, 1.54) is 0 Å². The summed E-state index contributed by atoms with van der Waals surface area (Å²) in [6.07, 6.45) is -1.52. The zero-order valence-corrected chi connectivity index (χ0v) is 18.8. The van der Waals surface area contributed by atoms with Crippen LogP contribution in [0.15, 0.2) is 59.5 Å². The van der Waals surface area contributed by atoms with Gasteiger partial charge in [0.25, 0.3) is 5.56 Å². The molecule has 0 aliphatic carbocycles. The summed E-state index contributed by atoms with van der Waals surface area (Å²) in [6.45, 7) is 0.593. The lowest BCUT2D eigenvalue weighted by Crippen LogP contribution is -2.41. The molecule has 1 atom stereocenters. The first-order valence-corrected chi connectivity index (χ1v) is 11.1. The summed E-state index contributed by atoms with van der Waals surface area (Å²) >= 11 is 0. The number of fused-ring (bicyclic) bond motifs is 1. The number of hydrogen-bond acceptors (Lipinski definition) is 4. The number of likely N-dealkylation sites (tertiary alicyclic amines) is 1. The van der Waals surface area contributed by atoms with E-state index in [2.05, 4.69) is 5.32 Å². The van der Waals surface area contributed by atoms with Crippen LogP contribution in [-0.4, -0.2) is 47.8 Å². The monoisotopic (exact) mass is 473 g/mol. The average molecular weight is 473 g/mol. The first-order valence-electron chi connectivity index (χ1n) is 11.1. The number of rotatable bonds is 5. The van der Waals surface area contributed by atoms with Gasteiger partial charge < -0.3 is 19.5 Å². The van der Waals surface area contributed by atoms with Crippen LogP contribution in [0.4, 0.5) is 18.9 Å². The molecular weight excluding hydrogens is 447 g/mol. The summed E-state index contributed by atoms with van der Waals surface area (Å²) in [5.41, 5.74) is 1.67. The summed E-state index contributed by atoms with van der Waals surface area (Å²) in [5.74, 6) is -1.02. The molecule has 1 aliphatic heterocycles. The first-order chi connectivity index (χ1) is 16.2. The van der Waals surface area contributed by atoms with Crippen molar-refractivity contribution in [2.75, 3.05) is 25.5 Å². The van der Waals surface area contributed by atoms with E-state index in [1.54, 1.807) is 23.9 Å². The topological polar surface area (TPSA) is 63.6 Å². The molecule has 0 radical (unpaired) electrons. The summed E-state index contributed by atoms with van der Waals surface area (Å²) in [4.78, 5) is 25.4. The normalized spacial score (nSPS) is 16.8. The van der Waals surface area contributed by atoms with E-state index in [0.717, 1.165) is 27.3 Å². The van der Waals surface area contributed by atoms with Crippen molar-refractivity contribution >= 4 is 22.4 Å². The quantitative estimate of drug-likeness (QED) is 0.596. The van der Waals surface area contributed by atoms with E-state index in [-0.39, 0.29) is 24.7 Å². The number of methoxy groups -OCH3 is 1. The van der Waals surface area contributed by atoms with Crippen molar-refractivity contribution in [3.8, 4) is 5.75 Å². The van der Waals surface area contributed by atoms with Crippen LogP contribution >= 0.6 is 0 Å². The highest BCUT2D eigenvalue weighted by Crippen LogP contribution is 2.24. The van der Waals surface area contributed by atoms with E-state index in [9.17, 15) is 22.8 Å². The van der Waals surface area contributed by atoms with Crippen LogP contribution in [0.25, 0.3) is 10.8 Å². The maximum absolute atomic E-state index is 13.0. The van der Waals surface area contributed by atoms with E-state index in [4.69, 9.17) is 4.74 Å². The second-order valence-corrected chi connectivity index (χ2v) is 8.46. The standard InChI is InChI=1S/C25H26F3N3O3/c1-34-21-7-4-17(5-8-21)16-31-13-10-18-15-20(6-9-22(18)23(31)32)29-19-3-2-12-30(14-11-19)24(33)25(26,27)28/h4-10,13,15,19,29H,2-3,11-12,14,16H2,1H3. The van der Waals surface area contributed by atoms with Gasteiger partial charge in [0.05, 0.1) is 13.7 Å². The number of nitrogens with zero attached hydrogens (tertiary/aromatic N) is 2. The van der Waals surface area contributed by atoms with Gasteiger partial charge in [0, 0.05) is 36.4 Å². The molecule has 0 saturated carbocycles. The van der Waals surface area contributed by atoms with Gasteiger partial charge in [-0.3, -0.25) is 9.59 Å². The highest BCUT2D eigenvalue weighted by Gasteiger charge is 2.42. The average Bonchev–Trinajstić information content (AvgIpc) is 3.06. The molecular formula is C25H26F3N3O3. The summed E-state index contributed by atoms with van der Waals surface area (Å²) in [6, 6.07) is 14.8. The van der Waals surface area contributed by atoms with Gasteiger partial charge in [0.1, 0.15) is 5.75 Å². The maximum atomic E-state index is 13.0. The Bertz CT molecular complexity index is 1220. The smallest absolute Gasteiger partial charge is 0.471 e. The second kappa shape index (κ2) is 9.79. The zero-order valence-electron chi connectivity index (χ0n) is 18.8. The SMILES string of the molecule is COc1ccc(Cn2ccc3cc(NC4CCCN(C(=O)C(F)(F)F)CC4)ccc3c2=O)cc1. The molecule has 34 heavy (non-hydrogen) atoms. The molecule has 2 aromatic carbocycles. The summed E-state index contributed by atoms with van der Waals surface area (Å²) in [7, 11) is 1.60. The Kier molecular flexibility index (Phi) is 6.81. The highest BCUT2D eigenvalue weighted by molar-refractivity contribution is 5.85. The van der Waals surface area contributed by atoms with Crippen molar-refractivity contribution in [1.82, 2.24) is 9.47 Å². The lowest BCUT2D eigenvalue weighted by atomic mass is 10.1. The van der Waals surface area contributed by atoms with Crippen LogP contribution in [0.2, 0.25) is 0 Å². The number of nitrogens with one attached hydrogen (secondary N) is 1. The minimum absolute atomic E-state index is 0.0552. The van der Waals surface area contributed by atoms with E-state index in [1.807, 2.05) is 42.5 Å². The fourth-order valence-electron chi connectivity index (χ4n) is 4.29. The Hall–Kier alpha value is -3.49. The molecule has 1 amide bonds. The lowest BCUT2D eigenvalue weighted by molar-refractivity contribution is -0.185. The van der Waals surface area contributed by atoms with Crippen LogP contribution in [0, 0.1) is 0 Å². The van der Waals surface area contributed by atoms with Gasteiger partial charge in [-0.1, -0.05) is 12.1 Å². The van der Waals surface area contributed by atoms with Crippen LogP contribution in [0.3, 0.4) is 0 Å². The van der Waals surface area contributed by atoms with Gasteiger partial charge >= 0.3 is 12.1 Å². The van der Waals surface area contributed by atoms with Gasteiger partial charge in [0.2, 0.25) is 0 Å². The summed E-state index contributed by atoms with van der Waals surface area (Å²) in [5, 5.41) is 4.72. The van der Waals surface area contributed by atoms with Gasteiger partial charge in [-0.25, -0.2) is 0 Å². The number of amides is 1. The van der Waals surface area contributed by atoms with Gasteiger partial charge in [-0.15, -0.1) is 0 Å². The van der Waals surface area contributed by atoms with Crippen molar-refractivity contribution in [1.29, 1.82) is 0 Å². The Morgan fingerprint density at radius 3 is 2.56 bits per heavy atom. The van der Waals surface area contributed by atoms with E-state index in [0.29, 0.717) is 31.2 Å². The van der Waals surface area contributed by atoms with Crippen molar-refractivity contribution in [2.24, 2.45) is 0 Å². The molecule has 1 unspecified atom stereocenters. The fourth-order valence-corrected chi connectivity index (χ4v) is 4.29. The van der Waals surface area contributed by atoms with Crippen molar-refractivity contribution < 1.29 is 22.7 Å². The molecule has 4 rings (SSSR count). The van der Waals surface area contributed by atoms with Crippen molar-refractivity contribution in [2.45, 2.75) is 38.0 Å². The van der Waals surface area contributed by atoms with E-state index >= 15 is 0 Å². The number of hydrogen-bond donors (Lipinski definition) is 1. The Morgan fingerprint density at radius 2 is 1.85 bits per heavy atom. The third-order valence-electron chi connectivity index (χ3n) is 6.12. The number of anilines is 1. The minimum Gasteiger partial charge on any atom is -0.497 e. The van der Waals surface area contributed by atoms with E-state index < -0.39 is 12.1 Å². The third-order valence-corrected chi connectivity index (χ3v) is 6.12. The number of halogens is 3. The lowest BCUT2D eigenvalue weighted by Gasteiger charge is -2.22. The van der Waals surface area contributed by atoms with Crippen LogP contribution in [0.1, 0.15) is 24.8 Å². The number of benzene rings is 2. The van der Waals surface area contributed by atoms with Gasteiger partial charge in [0.15, 0.2) is 0 Å². The number of pyridine rings is 1. The molecule has 9 heteroatoms. The fraction of sp³-hybridized carbons (Fsp3) is 0.360. The van der Waals surface area contributed by atoms with Gasteiger partial charge in [-0.05, 0) is 66.6 Å². The Balaban J connectivity index is 1.45. The molecule has 1 N–H and O–H groups in total. The first kappa shape index (κ1) is 23.7. The number of alkyl halides is 3. The number of ether oxygens (including phenoxy) is 1. The molecule has 6 nitrogen and oxygen atoms in total. The van der Waals surface area contributed by atoms with Crippen LogP contribution < -0.4 is 15.6 Å². The molecule has 1 saturated heterocycles. The number of carbonyl (C=O) groups excluding carboxylic acids is 1. The van der Waals surface area contributed by atoms with Gasteiger partial charge in [-0.2, -0.15) is 13.2 Å². The molecule has 1 aliphatic rings. The minimum atomic E-state index is -4.84. The second-order valence-electron chi connectivity index (χ2n) is 8.46. The maximum Gasteiger partial charge on any atom is 0.471 e. The third kappa shape index (κ3) is 5.35. The molecule has 1 aromatic heterocycles. The van der Waals surface area contributed by atoms with Crippen molar-refractivity contribution in [3.63, 3.8) is 0 Å². The van der Waals surface area contributed by atoms with Crippen LogP contribution in [-0.2, 0) is 11.3 Å². The Morgan fingerprint density at radius 1 is 1.09 bits per heavy atom.